The standard InChI is InChI=1S/C15H24O2/c1-10(2)15(17)12(4)14-7-5-13(6-8-14)11(3)9-16/h5-8,10-12,15-17H,9H2,1-4H3/t11-,12-,15-/m0/s1. The third-order valence-electron chi connectivity index (χ3n) is 3.50. The van der Waals surface area contributed by atoms with Crippen LogP contribution in [0.25, 0.3) is 0 Å². The zero-order valence-corrected chi connectivity index (χ0v) is 11.2. The molecule has 0 heterocycles. The molecule has 0 fully saturated rings. The molecule has 1 aromatic carbocycles. The maximum Gasteiger partial charge on any atom is 0.0628 e. The first-order valence-corrected chi connectivity index (χ1v) is 6.36. The lowest BCUT2D eigenvalue weighted by Gasteiger charge is -2.23. The van der Waals surface area contributed by atoms with E-state index in [1.54, 1.807) is 0 Å². The molecule has 2 N–H and O–H groups in total. The fourth-order valence-corrected chi connectivity index (χ4v) is 2.01. The fourth-order valence-electron chi connectivity index (χ4n) is 2.01. The Bertz CT molecular complexity index is 329. The van der Waals surface area contributed by atoms with Gasteiger partial charge in [0.15, 0.2) is 0 Å². The molecular weight excluding hydrogens is 212 g/mol. The van der Waals surface area contributed by atoms with E-state index in [1.807, 2.05) is 32.9 Å². The normalized spacial score (nSPS) is 16.9. The van der Waals surface area contributed by atoms with Crippen molar-refractivity contribution in [2.75, 3.05) is 6.61 Å². The molecule has 1 rings (SSSR count). The van der Waals surface area contributed by atoms with Crippen LogP contribution in [0.4, 0.5) is 0 Å². The minimum Gasteiger partial charge on any atom is -0.396 e. The van der Waals surface area contributed by atoms with Crippen molar-refractivity contribution in [1.29, 1.82) is 0 Å². The highest BCUT2D eigenvalue weighted by molar-refractivity contribution is 5.27. The first-order valence-electron chi connectivity index (χ1n) is 6.36. The summed E-state index contributed by atoms with van der Waals surface area (Å²) >= 11 is 0. The molecule has 0 aliphatic rings. The van der Waals surface area contributed by atoms with Gasteiger partial charge < -0.3 is 10.2 Å². The van der Waals surface area contributed by atoms with E-state index in [1.165, 1.54) is 0 Å². The van der Waals surface area contributed by atoms with Crippen molar-refractivity contribution >= 4 is 0 Å². The smallest absolute Gasteiger partial charge is 0.0628 e. The van der Waals surface area contributed by atoms with E-state index >= 15 is 0 Å². The first kappa shape index (κ1) is 14.2. The number of rotatable bonds is 5. The van der Waals surface area contributed by atoms with E-state index in [9.17, 15) is 5.11 Å². The molecule has 2 nitrogen and oxygen atoms in total. The molecule has 0 aliphatic carbocycles. The van der Waals surface area contributed by atoms with Gasteiger partial charge in [-0.25, -0.2) is 0 Å². The number of aliphatic hydroxyl groups excluding tert-OH is 2. The highest BCUT2D eigenvalue weighted by Crippen LogP contribution is 2.25. The maximum absolute atomic E-state index is 10.0. The SMILES string of the molecule is CC(C)[C@H](O)[C@@H](C)c1ccc([C@@H](C)CO)cc1. The predicted molar refractivity (Wildman–Crippen MR) is 71.2 cm³/mol. The van der Waals surface area contributed by atoms with Crippen molar-refractivity contribution in [3.8, 4) is 0 Å². The van der Waals surface area contributed by atoms with E-state index in [2.05, 4.69) is 19.1 Å². The molecule has 0 amide bonds. The summed E-state index contributed by atoms with van der Waals surface area (Å²) in [6.45, 7) is 8.28. The quantitative estimate of drug-likeness (QED) is 0.825. The van der Waals surface area contributed by atoms with E-state index in [4.69, 9.17) is 5.11 Å². The predicted octanol–water partition coefficient (Wildman–Crippen LogP) is 2.90. The highest BCUT2D eigenvalue weighted by Gasteiger charge is 2.19. The third-order valence-corrected chi connectivity index (χ3v) is 3.50. The van der Waals surface area contributed by atoms with Crippen LogP contribution in [-0.2, 0) is 0 Å². The number of hydrogen-bond donors (Lipinski definition) is 2. The monoisotopic (exact) mass is 236 g/mol. The van der Waals surface area contributed by atoms with Crippen LogP contribution in [0.15, 0.2) is 24.3 Å². The first-order chi connectivity index (χ1) is 7.97. The largest absolute Gasteiger partial charge is 0.396 e. The van der Waals surface area contributed by atoms with Gasteiger partial charge in [-0.1, -0.05) is 52.0 Å². The average Bonchev–Trinajstić information content (AvgIpc) is 2.36. The van der Waals surface area contributed by atoms with Crippen LogP contribution < -0.4 is 0 Å². The van der Waals surface area contributed by atoms with Gasteiger partial charge in [-0.05, 0) is 17.0 Å². The lowest BCUT2D eigenvalue weighted by Crippen LogP contribution is -2.22. The fraction of sp³-hybridized carbons (Fsp3) is 0.600. The van der Waals surface area contributed by atoms with E-state index in [0.29, 0.717) is 0 Å². The summed E-state index contributed by atoms with van der Waals surface area (Å²) in [4.78, 5) is 0. The van der Waals surface area contributed by atoms with Crippen LogP contribution in [0.3, 0.4) is 0 Å². The Morgan fingerprint density at radius 1 is 0.941 bits per heavy atom. The number of aliphatic hydroxyl groups is 2. The minimum absolute atomic E-state index is 0.147. The Labute approximate surface area is 104 Å². The van der Waals surface area contributed by atoms with Crippen molar-refractivity contribution in [2.24, 2.45) is 5.92 Å². The van der Waals surface area contributed by atoms with E-state index < -0.39 is 0 Å². The molecule has 0 spiro atoms. The second-order valence-corrected chi connectivity index (χ2v) is 5.27. The Kier molecular flexibility index (Phi) is 5.16. The lowest BCUT2D eigenvalue weighted by atomic mass is 9.88. The molecule has 2 heteroatoms. The lowest BCUT2D eigenvalue weighted by molar-refractivity contribution is 0.102. The number of benzene rings is 1. The molecule has 0 aromatic heterocycles. The zero-order valence-electron chi connectivity index (χ0n) is 11.2. The van der Waals surface area contributed by atoms with Crippen molar-refractivity contribution in [2.45, 2.75) is 45.6 Å². The average molecular weight is 236 g/mol. The Hall–Kier alpha value is -0.860. The molecule has 0 saturated heterocycles. The molecule has 0 radical (unpaired) electrons. The van der Waals surface area contributed by atoms with Gasteiger partial charge in [-0.15, -0.1) is 0 Å². The van der Waals surface area contributed by atoms with Crippen molar-refractivity contribution in [3.63, 3.8) is 0 Å². The molecule has 1 aromatic rings. The van der Waals surface area contributed by atoms with Gasteiger partial charge in [0.2, 0.25) is 0 Å². The zero-order chi connectivity index (χ0) is 13.0. The van der Waals surface area contributed by atoms with Gasteiger partial charge in [0.05, 0.1) is 6.10 Å². The van der Waals surface area contributed by atoms with E-state index in [0.717, 1.165) is 11.1 Å². The second-order valence-electron chi connectivity index (χ2n) is 5.27. The Morgan fingerprint density at radius 3 is 1.82 bits per heavy atom. The van der Waals surface area contributed by atoms with Crippen molar-refractivity contribution in [3.05, 3.63) is 35.4 Å². The highest BCUT2D eigenvalue weighted by atomic mass is 16.3. The minimum atomic E-state index is -0.309. The third kappa shape index (κ3) is 3.55. The van der Waals surface area contributed by atoms with Gasteiger partial charge in [-0.2, -0.15) is 0 Å². The van der Waals surface area contributed by atoms with Crippen LogP contribution in [0.2, 0.25) is 0 Å². The summed E-state index contributed by atoms with van der Waals surface area (Å²) in [5.41, 5.74) is 2.29. The molecule has 0 aliphatic heterocycles. The summed E-state index contributed by atoms with van der Waals surface area (Å²) < 4.78 is 0. The topological polar surface area (TPSA) is 40.5 Å². The van der Waals surface area contributed by atoms with Crippen LogP contribution in [0.1, 0.15) is 50.7 Å². The molecular formula is C15H24O2. The maximum atomic E-state index is 10.0. The Balaban J connectivity index is 2.80. The van der Waals surface area contributed by atoms with Crippen LogP contribution in [0, 0.1) is 5.92 Å². The van der Waals surface area contributed by atoms with Gasteiger partial charge in [0, 0.05) is 18.4 Å². The van der Waals surface area contributed by atoms with Gasteiger partial charge in [-0.3, -0.25) is 0 Å². The van der Waals surface area contributed by atoms with Crippen molar-refractivity contribution < 1.29 is 10.2 Å². The molecule has 0 bridgehead atoms. The van der Waals surface area contributed by atoms with Crippen LogP contribution in [-0.4, -0.2) is 22.9 Å². The Morgan fingerprint density at radius 2 is 1.41 bits per heavy atom. The summed E-state index contributed by atoms with van der Waals surface area (Å²) in [5.74, 6) is 0.587. The summed E-state index contributed by atoms with van der Waals surface area (Å²) in [5, 5.41) is 19.1. The number of hydrogen-bond acceptors (Lipinski definition) is 2. The summed E-state index contributed by atoms with van der Waals surface area (Å²) in [6, 6.07) is 8.19. The summed E-state index contributed by atoms with van der Waals surface area (Å²) in [6.07, 6.45) is -0.309. The molecule has 17 heavy (non-hydrogen) atoms. The van der Waals surface area contributed by atoms with Crippen LogP contribution >= 0.6 is 0 Å². The molecule has 0 unspecified atom stereocenters. The van der Waals surface area contributed by atoms with Crippen molar-refractivity contribution in [1.82, 2.24) is 0 Å². The van der Waals surface area contributed by atoms with Gasteiger partial charge in [0.1, 0.15) is 0 Å². The second kappa shape index (κ2) is 6.18. The van der Waals surface area contributed by atoms with Crippen LogP contribution in [0.5, 0.6) is 0 Å². The summed E-state index contributed by atoms with van der Waals surface area (Å²) in [7, 11) is 0. The van der Waals surface area contributed by atoms with E-state index in [-0.39, 0.29) is 30.5 Å². The molecule has 3 atom stereocenters. The molecule has 0 saturated carbocycles. The van der Waals surface area contributed by atoms with Gasteiger partial charge in [0.25, 0.3) is 0 Å². The van der Waals surface area contributed by atoms with Gasteiger partial charge >= 0.3 is 0 Å². The molecule has 96 valence electrons.